The van der Waals surface area contributed by atoms with Gasteiger partial charge in [0.1, 0.15) is 11.5 Å². The summed E-state index contributed by atoms with van der Waals surface area (Å²) in [7, 11) is 0. The Hall–Kier alpha value is -2.11. The molecule has 3 rings (SSSR count). The lowest BCUT2D eigenvalue weighted by Gasteiger charge is -2.07. The summed E-state index contributed by atoms with van der Waals surface area (Å²) in [5.41, 5.74) is 0.416. The summed E-state index contributed by atoms with van der Waals surface area (Å²) in [6.45, 7) is 0.358. The van der Waals surface area contributed by atoms with Crippen molar-refractivity contribution in [2.24, 2.45) is 0 Å². The summed E-state index contributed by atoms with van der Waals surface area (Å²) in [5, 5.41) is 3.99. The van der Waals surface area contributed by atoms with Gasteiger partial charge < -0.3 is 9.73 Å². The molecule has 0 saturated carbocycles. The van der Waals surface area contributed by atoms with Crippen LogP contribution in [0.3, 0.4) is 0 Å². The van der Waals surface area contributed by atoms with Crippen LogP contribution < -0.4 is 5.32 Å². The molecule has 0 radical (unpaired) electrons. The van der Waals surface area contributed by atoms with Gasteiger partial charge in [0.05, 0.1) is 22.2 Å². The average Bonchev–Trinajstić information content (AvgIpc) is 3.04. The van der Waals surface area contributed by atoms with E-state index in [0.29, 0.717) is 33.7 Å². The lowest BCUT2D eigenvalue weighted by atomic mass is 10.1. The zero-order chi connectivity index (χ0) is 18.0. The molecule has 0 aliphatic rings. The standard InChI is InChI=1S/C18H12Cl2F3NO/c19-15-6-4-13(9-16(15)20)24-10-14-5-7-17(25-14)11-2-1-3-12(8-11)18(21,22)23/h1-9,24H,10H2. The molecule has 0 unspecified atom stereocenters. The van der Waals surface area contributed by atoms with Crippen molar-refractivity contribution in [2.75, 3.05) is 5.32 Å². The highest BCUT2D eigenvalue weighted by atomic mass is 35.5. The van der Waals surface area contributed by atoms with Crippen molar-refractivity contribution in [3.8, 4) is 11.3 Å². The monoisotopic (exact) mass is 385 g/mol. The second kappa shape index (κ2) is 7.02. The third-order valence-corrected chi connectivity index (χ3v) is 4.26. The Kier molecular flexibility index (Phi) is 4.97. The molecule has 130 valence electrons. The van der Waals surface area contributed by atoms with E-state index in [-0.39, 0.29) is 0 Å². The Bertz CT molecular complexity index is 890. The van der Waals surface area contributed by atoms with E-state index in [4.69, 9.17) is 27.6 Å². The van der Waals surface area contributed by atoms with Crippen LogP contribution >= 0.6 is 23.2 Å². The molecule has 2 nitrogen and oxygen atoms in total. The molecule has 1 N–H and O–H groups in total. The lowest BCUT2D eigenvalue weighted by molar-refractivity contribution is -0.137. The number of benzene rings is 2. The maximum atomic E-state index is 12.8. The van der Waals surface area contributed by atoms with Crippen molar-refractivity contribution in [3.05, 3.63) is 76.0 Å². The maximum Gasteiger partial charge on any atom is 0.416 e. The fourth-order valence-electron chi connectivity index (χ4n) is 2.27. The first kappa shape index (κ1) is 17.7. The van der Waals surface area contributed by atoms with Crippen LogP contribution in [0.2, 0.25) is 10.0 Å². The third kappa shape index (κ3) is 4.30. The summed E-state index contributed by atoms with van der Waals surface area (Å²) in [4.78, 5) is 0. The summed E-state index contributed by atoms with van der Waals surface area (Å²) < 4.78 is 44.0. The summed E-state index contributed by atoms with van der Waals surface area (Å²) in [6, 6.07) is 13.5. The van der Waals surface area contributed by atoms with E-state index in [9.17, 15) is 13.2 Å². The first-order chi connectivity index (χ1) is 11.8. The molecule has 0 spiro atoms. The highest BCUT2D eigenvalue weighted by Gasteiger charge is 2.30. The van der Waals surface area contributed by atoms with Crippen LogP contribution in [0.1, 0.15) is 11.3 Å². The van der Waals surface area contributed by atoms with E-state index in [1.807, 2.05) is 0 Å². The third-order valence-electron chi connectivity index (χ3n) is 3.52. The van der Waals surface area contributed by atoms with Crippen LogP contribution in [0.25, 0.3) is 11.3 Å². The van der Waals surface area contributed by atoms with Crippen molar-refractivity contribution in [3.63, 3.8) is 0 Å². The molecule has 1 heterocycles. The molecule has 0 bridgehead atoms. The van der Waals surface area contributed by atoms with Gasteiger partial charge in [-0.15, -0.1) is 0 Å². The number of anilines is 1. The van der Waals surface area contributed by atoms with Crippen molar-refractivity contribution in [1.82, 2.24) is 0 Å². The summed E-state index contributed by atoms with van der Waals surface area (Å²) >= 11 is 11.8. The maximum absolute atomic E-state index is 12.8. The molecule has 0 aliphatic heterocycles. The van der Waals surface area contributed by atoms with E-state index in [1.54, 1.807) is 36.4 Å². The van der Waals surface area contributed by atoms with Crippen LogP contribution in [0.15, 0.2) is 59.0 Å². The van der Waals surface area contributed by atoms with Gasteiger partial charge in [-0.25, -0.2) is 0 Å². The van der Waals surface area contributed by atoms with E-state index in [2.05, 4.69) is 5.32 Å². The number of halogens is 5. The molecule has 0 atom stereocenters. The SMILES string of the molecule is FC(F)(F)c1cccc(-c2ccc(CNc3ccc(Cl)c(Cl)c3)o2)c1. The van der Waals surface area contributed by atoms with Gasteiger partial charge in [0.2, 0.25) is 0 Å². The molecular formula is C18H12Cl2F3NO. The first-order valence-electron chi connectivity index (χ1n) is 7.28. The lowest BCUT2D eigenvalue weighted by Crippen LogP contribution is -2.04. The molecule has 2 aromatic carbocycles. The van der Waals surface area contributed by atoms with Gasteiger partial charge in [0, 0.05) is 11.3 Å². The number of rotatable bonds is 4. The second-order valence-corrected chi connectivity index (χ2v) is 6.14. The van der Waals surface area contributed by atoms with Crippen LogP contribution in [0, 0.1) is 0 Å². The second-order valence-electron chi connectivity index (χ2n) is 5.33. The summed E-state index contributed by atoms with van der Waals surface area (Å²) in [6.07, 6.45) is -4.39. The number of hydrogen-bond acceptors (Lipinski definition) is 2. The van der Waals surface area contributed by atoms with Gasteiger partial charge in [-0.05, 0) is 42.5 Å². The van der Waals surface area contributed by atoms with Crippen LogP contribution in [-0.2, 0) is 12.7 Å². The molecule has 0 fully saturated rings. The van der Waals surface area contributed by atoms with Crippen LogP contribution in [0.5, 0.6) is 0 Å². The van der Waals surface area contributed by atoms with Crippen molar-refractivity contribution in [2.45, 2.75) is 12.7 Å². The smallest absolute Gasteiger partial charge is 0.416 e. The topological polar surface area (TPSA) is 25.2 Å². The Morgan fingerprint density at radius 2 is 1.72 bits per heavy atom. The van der Waals surface area contributed by atoms with E-state index in [0.717, 1.165) is 17.8 Å². The molecule has 0 saturated heterocycles. The Balaban J connectivity index is 1.73. The molecule has 0 amide bonds. The zero-order valence-corrected chi connectivity index (χ0v) is 14.2. The number of hydrogen-bond donors (Lipinski definition) is 1. The van der Waals surface area contributed by atoms with E-state index >= 15 is 0 Å². The zero-order valence-electron chi connectivity index (χ0n) is 12.7. The summed E-state index contributed by atoms with van der Waals surface area (Å²) in [5.74, 6) is 0.954. The van der Waals surface area contributed by atoms with Gasteiger partial charge in [-0.2, -0.15) is 13.2 Å². The Labute approximate surface area is 152 Å². The van der Waals surface area contributed by atoms with Crippen LogP contribution in [0.4, 0.5) is 18.9 Å². The fourth-order valence-corrected chi connectivity index (χ4v) is 2.57. The molecule has 0 aliphatic carbocycles. The molecule has 7 heteroatoms. The van der Waals surface area contributed by atoms with Crippen molar-refractivity contribution >= 4 is 28.9 Å². The first-order valence-corrected chi connectivity index (χ1v) is 8.04. The highest BCUT2D eigenvalue weighted by molar-refractivity contribution is 6.42. The largest absolute Gasteiger partial charge is 0.459 e. The van der Waals surface area contributed by atoms with Gasteiger partial charge in [-0.1, -0.05) is 35.3 Å². The predicted molar refractivity (Wildman–Crippen MR) is 92.9 cm³/mol. The van der Waals surface area contributed by atoms with Gasteiger partial charge in [0.25, 0.3) is 0 Å². The van der Waals surface area contributed by atoms with Crippen molar-refractivity contribution < 1.29 is 17.6 Å². The quantitative estimate of drug-likeness (QED) is 0.529. The predicted octanol–water partition coefficient (Wildman–Crippen LogP) is 6.88. The minimum atomic E-state index is -4.39. The number of furan rings is 1. The van der Waals surface area contributed by atoms with Crippen LogP contribution in [-0.4, -0.2) is 0 Å². The highest BCUT2D eigenvalue weighted by Crippen LogP contribution is 2.33. The van der Waals surface area contributed by atoms with Gasteiger partial charge in [0.15, 0.2) is 0 Å². The van der Waals surface area contributed by atoms with E-state index < -0.39 is 11.7 Å². The minimum Gasteiger partial charge on any atom is -0.459 e. The molecular weight excluding hydrogens is 374 g/mol. The molecule has 3 aromatic rings. The number of nitrogens with one attached hydrogen (secondary N) is 1. The van der Waals surface area contributed by atoms with Crippen molar-refractivity contribution in [1.29, 1.82) is 0 Å². The molecule has 1 aromatic heterocycles. The van der Waals surface area contributed by atoms with Gasteiger partial charge in [-0.3, -0.25) is 0 Å². The van der Waals surface area contributed by atoms with Gasteiger partial charge >= 0.3 is 6.18 Å². The Morgan fingerprint density at radius 3 is 2.44 bits per heavy atom. The number of alkyl halides is 3. The normalized spacial score (nSPS) is 11.6. The van der Waals surface area contributed by atoms with E-state index in [1.165, 1.54) is 6.07 Å². The molecule has 25 heavy (non-hydrogen) atoms. The minimum absolute atomic E-state index is 0.358. The fraction of sp³-hybridized carbons (Fsp3) is 0.111. The average molecular weight is 386 g/mol. The Morgan fingerprint density at radius 1 is 0.920 bits per heavy atom.